The van der Waals surface area contributed by atoms with Gasteiger partial charge in [0, 0.05) is 18.2 Å². The molecule has 0 aromatic heterocycles. The molecule has 0 unspecified atom stereocenters. The molecule has 0 spiro atoms. The van der Waals surface area contributed by atoms with E-state index in [1.54, 1.807) is 25.1 Å². The summed E-state index contributed by atoms with van der Waals surface area (Å²) >= 11 is 0. The molecule has 1 amide bonds. The Morgan fingerprint density at radius 3 is 2.84 bits per heavy atom. The van der Waals surface area contributed by atoms with Crippen molar-refractivity contribution >= 4 is 17.6 Å². The zero-order valence-electron chi connectivity index (χ0n) is 10.8. The second-order valence-corrected chi connectivity index (χ2v) is 4.04. The normalized spacial score (nSPS) is 13.8. The first-order chi connectivity index (χ1) is 9.10. The molecule has 2 rings (SSSR count). The number of hydrogen-bond acceptors (Lipinski definition) is 5. The van der Waals surface area contributed by atoms with Crippen LogP contribution in [0.3, 0.4) is 0 Å². The minimum Gasteiger partial charge on any atom is -0.454 e. The van der Waals surface area contributed by atoms with Crippen molar-refractivity contribution in [1.29, 1.82) is 0 Å². The first-order valence-corrected chi connectivity index (χ1v) is 6.00. The third-order valence-corrected chi connectivity index (χ3v) is 2.61. The Bertz CT molecular complexity index is 500. The highest BCUT2D eigenvalue weighted by molar-refractivity contribution is 5.95. The molecule has 0 bridgehead atoms. The number of fused-ring (bicyclic) bond motifs is 1. The molecule has 6 nitrogen and oxygen atoms in total. The number of amides is 1. The standard InChI is InChI=1S/C13H15NO5/c1-3-12(15)19-8(2)13(16)14-9-4-5-10-11(6-9)18-7-17-10/h4-6,8H,3,7H2,1-2H3,(H,14,16)/t8-/m1/s1. The Hall–Kier alpha value is -2.24. The van der Waals surface area contributed by atoms with Crippen LogP contribution in [0, 0.1) is 0 Å². The number of ether oxygens (including phenoxy) is 3. The van der Waals surface area contributed by atoms with Gasteiger partial charge in [-0.1, -0.05) is 6.92 Å². The molecular weight excluding hydrogens is 250 g/mol. The Labute approximate surface area is 110 Å². The predicted molar refractivity (Wildman–Crippen MR) is 67.0 cm³/mol. The lowest BCUT2D eigenvalue weighted by Gasteiger charge is -2.13. The molecule has 1 aromatic carbocycles. The van der Waals surface area contributed by atoms with Crippen molar-refractivity contribution in [3.63, 3.8) is 0 Å². The minimum absolute atomic E-state index is 0.178. The zero-order chi connectivity index (χ0) is 13.8. The molecule has 0 saturated heterocycles. The van der Waals surface area contributed by atoms with Gasteiger partial charge in [0.15, 0.2) is 17.6 Å². The lowest BCUT2D eigenvalue weighted by Crippen LogP contribution is -2.29. The smallest absolute Gasteiger partial charge is 0.306 e. The highest BCUT2D eigenvalue weighted by Crippen LogP contribution is 2.34. The van der Waals surface area contributed by atoms with E-state index in [-0.39, 0.29) is 19.1 Å². The third-order valence-electron chi connectivity index (χ3n) is 2.61. The summed E-state index contributed by atoms with van der Waals surface area (Å²) in [6.07, 6.45) is -0.598. The van der Waals surface area contributed by atoms with E-state index in [1.807, 2.05) is 0 Å². The van der Waals surface area contributed by atoms with E-state index in [1.165, 1.54) is 6.92 Å². The summed E-state index contributed by atoms with van der Waals surface area (Å²) in [4.78, 5) is 22.9. The molecule has 1 aliphatic rings. The molecule has 1 aliphatic heterocycles. The number of carbonyl (C=O) groups is 2. The molecule has 0 radical (unpaired) electrons. The van der Waals surface area contributed by atoms with Crippen molar-refractivity contribution in [2.24, 2.45) is 0 Å². The zero-order valence-corrected chi connectivity index (χ0v) is 10.8. The minimum atomic E-state index is -0.835. The van der Waals surface area contributed by atoms with E-state index in [0.717, 1.165) is 0 Å². The molecule has 1 heterocycles. The summed E-state index contributed by atoms with van der Waals surface area (Å²) in [6.45, 7) is 3.37. The second kappa shape index (κ2) is 5.60. The molecule has 6 heteroatoms. The van der Waals surface area contributed by atoms with Crippen molar-refractivity contribution < 1.29 is 23.8 Å². The quantitative estimate of drug-likeness (QED) is 0.839. The third kappa shape index (κ3) is 3.15. The fourth-order valence-corrected chi connectivity index (χ4v) is 1.55. The number of carbonyl (C=O) groups excluding carboxylic acids is 2. The Morgan fingerprint density at radius 2 is 2.11 bits per heavy atom. The summed E-state index contributed by atoms with van der Waals surface area (Å²) in [5.41, 5.74) is 0.564. The monoisotopic (exact) mass is 265 g/mol. The second-order valence-electron chi connectivity index (χ2n) is 4.04. The van der Waals surface area contributed by atoms with Crippen LogP contribution in [-0.4, -0.2) is 24.8 Å². The number of benzene rings is 1. The number of esters is 1. The van der Waals surface area contributed by atoms with Crippen LogP contribution < -0.4 is 14.8 Å². The number of rotatable bonds is 4. The van der Waals surface area contributed by atoms with E-state index < -0.39 is 12.1 Å². The maximum absolute atomic E-state index is 11.8. The highest BCUT2D eigenvalue weighted by Gasteiger charge is 2.19. The highest BCUT2D eigenvalue weighted by atomic mass is 16.7. The van der Waals surface area contributed by atoms with E-state index in [2.05, 4.69) is 5.32 Å². The molecular formula is C13H15NO5. The van der Waals surface area contributed by atoms with Crippen LogP contribution in [-0.2, 0) is 14.3 Å². The van der Waals surface area contributed by atoms with Gasteiger partial charge in [-0.15, -0.1) is 0 Å². The molecule has 1 aromatic rings. The first kappa shape index (κ1) is 13.2. The number of anilines is 1. The van der Waals surface area contributed by atoms with E-state index in [0.29, 0.717) is 17.2 Å². The number of nitrogens with one attached hydrogen (secondary N) is 1. The molecule has 1 N–H and O–H groups in total. The van der Waals surface area contributed by atoms with Gasteiger partial charge in [0.2, 0.25) is 6.79 Å². The summed E-state index contributed by atoms with van der Waals surface area (Å²) in [6, 6.07) is 5.06. The van der Waals surface area contributed by atoms with Crippen LogP contribution >= 0.6 is 0 Å². The lowest BCUT2D eigenvalue weighted by molar-refractivity contribution is -0.152. The van der Waals surface area contributed by atoms with Crippen molar-refractivity contribution in [2.75, 3.05) is 12.1 Å². The van der Waals surface area contributed by atoms with Crippen LogP contribution in [0.5, 0.6) is 11.5 Å². The fourth-order valence-electron chi connectivity index (χ4n) is 1.55. The molecule has 1 atom stereocenters. The molecule has 0 aliphatic carbocycles. The van der Waals surface area contributed by atoms with Gasteiger partial charge in [-0.25, -0.2) is 0 Å². The van der Waals surface area contributed by atoms with Gasteiger partial charge < -0.3 is 19.5 Å². The average Bonchev–Trinajstić information content (AvgIpc) is 2.85. The molecule has 19 heavy (non-hydrogen) atoms. The topological polar surface area (TPSA) is 73.9 Å². The maximum Gasteiger partial charge on any atom is 0.306 e. The SMILES string of the molecule is CCC(=O)O[C@H](C)C(=O)Nc1ccc2c(c1)OCO2. The van der Waals surface area contributed by atoms with Crippen LogP contribution in [0.15, 0.2) is 18.2 Å². The van der Waals surface area contributed by atoms with Gasteiger partial charge in [-0.2, -0.15) is 0 Å². The van der Waals surface area contributed by atoms with E-state index in [9.17, 15) is 9.59 Å². The van der Waals surface area contributed by atoms with Gasteiger partial charge in [0.05, 0.1) is 0 Å². The maximum atomic E-state index is 11.8. The fraction of sp³-hybridized carbons (Fsp3) is 0.385. The Morgan fingerprint density at radius 1 is 1.37 bits per heavy atom. The Kier molecular flexibility index (Phi) is 3.89. The van der Waals surface area contributed by atoms with Gasteiger partial charge in [-0.05, 0) is 19.1 Å². The first-order valence-electron chi connectivity index (χ1n) is 6.00. The largest absolute Gasteiger partial charge is 0.454 e. The molecule has 0 saturated carbocycles. The Balaban J connectivity index is 1.97. The van der Waals surface area contributed by atoms with Gasteiger partial charge in [0.1, 0.15) is 0 Å². The summed E-state index contributed by atoms with van der Waals surface area (Å²) in [5, 5.41) is 2.65. The summed E-state index contributed by atoms with van der Waals surface area (Å²) < 4.78 is 15.3. The predicted octanol–water partition coefficient (Wildman–Crippen LogP) is 1.70. The molecule has 102 valence electrons. The van der Waals surface area contributed by atoms with Crippen molar-refractivity contribution in [3.05, 3.63) is 18.2 Å². The average molecular weight is 265 g/mol. The van der Waals surface area contributed by atoms with Crippen molar-refractivity contribution in [3.8, 4) is 11.5 Å². The summed E-state index contributed by atoms with van der Waals surface area (Å²) in [5.74, 6) is 0.425. The van der Waals surface area contributed by atoms with Crippen LogP contribution in [0.4, 0.5) is 5.69 Å². The van der Waals surface area contributed by atoms with Gasteiger partial charge >= 0.3 is 5.97 Å². The lowest BCUT2D eigenvalue weighted by atomic mass is 10.2. The van der Waals surface area contributed by atoms with E-state index >= 15 is 0 Å². The molecule has 0 fully saturated rings. The van der Waals surface area contributed by atoms with Crippen molar-refractivity contribution in [1.82, 2.24) is 0 Å². The summed E-state index contributed by atoms with van der Waals surface area (Å²) in [7, 11) is 0. The number of hydrogen-bond donors (Lipinski definition) is 1. The van der Waals surface area contributed by atoms with Crippen LogP contribution in [0.1, 0.15) is 20.3 Å². The van der Waals surface area contributed by atoms with E-state index in [4.69, 9.17) is 14.2 Å². The van der Waals surface area contributed by atoms with Gasteiger partial charge in [-0.3, -0.25) is 9.59 Å². The van der Waals surface area contributed by atoms with Crippen molar-refractivity contribution in [2.45, 2.75) is 26.4 Å². The van der Waals surface area contributed by atoms with Crippen LogP contribution in [0.2, 0.25) is 0 Å². The van der Waals surface area contributed by atoms with Crippen LogP contribution in [0.25, 0.3) is 0 Å². The van der Waals surface area contributed by atoms with Gasteiger partial charge in [0.25, 0.3) is 5.91 Å².